The molecule has 1 aromatic heterocycles. The van der Waals surface area contributed by atoms with Crippen molar-refractivity contribution >= 4 is 16.0 Å². The van der Waals surface area contributed by atoms with Crippen molar-refractivity contribution in [2.45, 2.75) is 38.9 Å². The monoisotopic (exact) mass is 440 g/mol. The molecule has 2 fully saturated rings. The molecule has 12 heteroatoms. The molecule has 0 saturated carbocycles. The van der Waals surface area contributed by atoms with Crippen LogP contribution in [0.25, 0.3) is 0 Å². The Bertz CT molecular complexity index is 812. The summed E-state index contributed by atoms with van der Waals surface area (Å²) in [4.78, 5) is 11.4. The fraction of sp³-hybridized carbons (Fsp3) is 0.765. The molecule has 0 aromatic carbocycles. The van der Waals surface area contributed by atoms with Crippen LogP contribution in [0.2, 0.25) is 0 Å². The van der Waals surface area contributed by atoms with E-state index in [-0.39, 0.29) is 11.2 Å². The summed E-state index contributed by atoms with van der Waals surface area (Å²) in [6, 6.07) is 0. The van der Waals surface area contributed by atoms with E-state index < -0.39 is 22.2 Å². The lowest BCUT2D eigenvalue weighted by Gasteiger charge is -2.40. The molecule has 29 heavy (non-hydrogen) atoms. The van der Waals surface area contributed by atoms with E-state index in [2.05, 4.69) is 16.2 Å². The number of carboxylic acids is 1. The quantitative estimate of drug-likeness (QED) is 0.766. The van der Waals surface area contributed by atoms with Crippen LogP contribution in [-0.2, 0) is 28.4 Å². The molecule has 2 aliphatic heterocycles. The first-order valence-electron chi connectivity index (χ1n) is 9.35. The summed E-state index contributed by atoms with van der Waals surface area (Å²) in [5.74, 6) is -2.55. The predicted molar refractivity (Wildman–Crippen MR) is 99.5 cm³/mol. The number of hydrogen-bond donors (Lipinski definition) is 1. The first-order chi connectivity index (χ1) is 13.4. The number of aliphatic carboxylic acids is 1. The number of halogens is 3. The molecule has 2 saturated heterocycles. The highest BCUT2D eigenvalue weighted by Crippen LogP contribution is 2.40. The fourth-order valence-corrected chi connectivity index (χ4v) is 5.11. The van der Waals surface area contributed by atoms with Crippen LogP contribution in [0, 0.1) is 5.41 Å². The van der Waals surface area contributed by atoms with E-state index in [0.29, 0.717) is 13.1 Å². The molecule has 2 aliphatic rings. The number of sulfonamides is 1. The van der Waals surface area contributed by atoms with Gasteiger partial charge in [0.05, 0.1) is 11.9 Å². The third-order valence-corrected chi connectivity index (χ3v) is 7.14. The van der Waals surface area contributed by atoms with E-state index >= 15 is 0 Å². The Kier molecular flexibility index (Phi) is 7.33. The summed E-state index contributed by atoms with van der Waals surface area (Å²) < 4.78 is 59.5. The van der Waals surface area contributed by atoms with Crippen molar-refractivity contribution in [3.05, 3.63) is 18.0 Å². The molecule has 8 nitrogen and oxygen atoms in total. The molecule has 1 spiro atoms. The van der Waals surface area contributed by atoms with Gasteiger partial charge in [0, 0.05) is 45.0 Å². The normalized spacial score (nSPS) is 23.8. The Morgan fingerprint density at radius 3 is 2.45 bits per heavy atom. The van der Waals surface area contributed by atoms with Crippen molar-refractivity contribution in [3.8, 4) is 0 Å². The van der Waals surface area contributed by atoms with Crippen LogP contribution >= 0.6 is 0 Å². The van der Waals surface area contributed by atoms with Gasteiger partial charge in [-0.3, -0.25) is 9.58 Å². The second-order valence-corrected chi connectivity index (χ2v) is 9.88. The van der Waals surface area contributed by atoms with Crippen molar-refractivity contribution in [1.82, 2.24) is 19.0 Å². The molecule has 3 rings (SSSR count). The van der Waals surface area contributed by atoms with Crippen LogP contribution in [0.5, 0.6) is 0 Å². The van der Waals surface area contributed by atoms with Gasteiger partial charge in [0.1, 0.15) is 0 Å². The van der Waals surface area contributed by atoms with Crippen LogP contribution < -0.4 is 0 Å². The molecular formula is C17H27F3N4O4S. The predicted octanol–water partition coefficient (Wildman–Crippen LogP) is 1.69. The van der Waals surface area contributed by atoms with Crippen molar-refractivity contribution in [3.63, 3.8) is 0 Å². The molecule has 1 N–H and O–H groups in total. The first kappa shape index (κ1) is 23.6. The van der Waals surface area contributed by atoms with Crippen LogP contribution in [-0.4, -0.2) is 76.6 Å². The van der Waals surface area contributed by atoms with Crippen molar-refractivity contribution in [1.29, 1.82) is 0 Å². The second-order valence-electron chi connectivity index (χ2n) is 7.62. The van der Waals surface area contributed by atoms with E-state index in [1.54, 1.807) is 11.2 Å². The van der Waals surface area contributed by atoms with Crippen molar-refractivity contribution < 1.29 is 31.5 Å². The third-order valence-electron chi connectivity index (χ3n) is 5.31. The lowest BCUT2D eigenvalue weighted by atomic mass is 9.79. The minimum atomic E-state index is -5.08. The van der Waals surface area contributed by atoms with Gasteiger partial charge in [-0.05, 0) is 38.1 Å². The van der Waals surface area contributed by atoms with Crippen molar-refractivity contribution in [2.24, 2.45) is 12.5 Å². The van der Waals surface area contributed by atoms with Gasteiger partial charge in [-0.2, -0.15) is 18.3 Å². The highest BCUT2D eigenvalue weighted by molar-refractivity contribution is 7.89. The molecule has 3 heterocycles. The van der Waals surface area contributed by atoms with Gasteiger partial charge in [0.25, 0.3) is 0 Å². The number of nitrogens with zero attached hydrogens (tertiary/aromatic N) is 4. The van der Waals surface area contributed by atoms with Gasteiger partial charge in [-0.1, -0.05) is 0 Å². The number of rotatable bonds is 4. The zero-order valence-electron chi connectivity index (χ0n) is 16.5. The summed E-state index contributed by atoms with van der Waals surface area (Å²) in [7, 11) is -1.11. The zero-order chi connectivity index (χ0) is 21.9. The highest BCUT2D eigenvalue weighted by atomic mass is 32.2. The zero-order valence-corrected chi connectivity index (χ0v) is 17.3. The minimum Gasteiger partial charge on any atom is -0.475 e. The van der Waals surface area contributed by atoms with E-state index in [1.165, 1.54) is 5.56 Å². The maximum atomic E-state index is 12.1. The molecule has 1 atom stereocenters. The molecule has 0 aliphatic carbocycles. The second kappa shape index (κ2) is 9.00. The number of carbonyl (C=O) groups is 1. The molecule has 0 radical (unpaired) electrons. The Morgan fingerprint density at radius 2 is 1.93 bits per heavy atom. The van der Waals surface area contributed by atoms with Crippen molar-refractivity contribution in [2.75, 3.05) is 31.9 Å². The van der Waals surface area contributed by atoms with Crippen LogP contribution in [0.3, 0.4) is 0 Å². The van der Waals surface area contributed by atoms with Crippen LogP contribution in [0.1, 0.15) is 31.7 Å². The molecule has 0 amide bonds. The van der Waals surface area contributed by atoms with Crippen LogP contribution in [0.4, 0.5) is 13.2 Å². The summed E-state index contributed by atoms with van der Waals surface area (Å²) in [6.45, 7) is 6.13. The smallest absolute Gasteiger partial charge is 0.475 e. The van der Waals surface area contributed by atoms with Gasteiger partial charge >= 0.3 is 12.1 Å². The number of likely N-dealkylation sites (tertiary alicyclic amines) is 1. The summed E-state index contributed by atoms with van der Waals surface area (Å²) in [5.41, 5.74) is 1.39. The Hall–Kier alpha value is -1.66. The molecular weight excluding hydrogens is 413 g/mol. The van der Waals surface area contributed by atoms with E-state index in [0.717, 1.165) is 38.9 Å². The molecule has 1 aromatic rings. The average Bonchev–Trinajstić information content (AvgIpc) is 3.22. The first-order valence-corrected chi connectivity index (χ1v) is 11.0. The SMILES string of the molecule is CCS(=O)(=O)N1CCC2(CCCN(Cc3cnn(C)c3)C2)C1.O=C(O)C(F)(F)F. The lowest BCUT2D eigenvalue weighted by Crippen LogP contribution is -2.45. The Balaban J connectivity index is 0.000000370. The lowest BCUT2D eigenvalue weighted by molar-refractivity contribution is -0.192. The summed E-state index contributed by atoms with van der Waals surface area (Å²) in [5, 5.41) is 11.4. The van der Waals surface area contributed by atoms with E-state index in [9.17, 15) is 21.6 Å². The average molecular weight is 440 g/mol. The Labute approximate surface area is 168 Å². The van der Waals surface area contributed by atoms with Gasteiger partial charge in [0.15, 0.2) is 0 Å². The largest absolute Gasteiger partial charge is 0.490 e. The summed E-state index contributed by atoms with van der Waals surface area (Å²) in [6.07, 6.45) is 2.19. The maximum Gasteiger partial charge on any atom is 0.490 e. The number of aryl methyl sites for hydroxylation is 1. The highest BCUT2D eigenvalue weighted by Gasteiger charge is 2.44. The number of hydrogen-bond acceptors (Lipinski definition) is 5. The molecule has 0 bridgehead atoms. The van der Waals surface area contributed by atoms with Gasteiger partial charge in [-0.25, -0.2) is 17.5 Å². The number of alkyl halides is 3. The Morgan fingerprint density at radius 1 is 1.28 bits per heavy atom. The summed E-state index contributed by atoms with van der Waals surface area (Å²) >= 11 is 0. The maximum absolute atomic E-state index is 12.1. The topological polar surface area (TPSA) is 95.7 Å². The fourth-order valence-electron chi connectivity index (χ4n) is 3.90. The van der Waals surface area contributed by atoms with Gasteiger partial charge in [-0.15, -0.1) is 0 Å². The van der Waals surface area contributed by atoms with Crippen LogP contribution in [0.15, 0.2) is 12.4 Å². The third kappa shape index (κ3) is 6.41. The molecule has 1 unspecified atom stereocenters. The minimum absolute atomic E-state index is 0.155. The van der Waals surface area contributed by atoms with Gasteiger partial charge in [0.2, 0.25) is 10.0 Å². The number of carboxylic acid groups (broad SMARTS) is 1. The van der Waals surface area contributed by atoms with E-state index in [1.807, 2.05) is 17.9 Å². The number of piperidine rings is 1. The standard InChI is InChI=1S/C15H26N4O2S.C2HF3O2/c1-3-22(20,21)19-8-6-15(13-19)5-4-7-18(12-15)11-14-9-16-17(2)10-14;3-2(4,5)1(6)7/h9-10H,3-8,11-13H2,1-2H3;(H,6,7). The van der Waals surface area contributed by atoms with E-state index in [4.69, 9.17) is 9.90 Å². The molecule has 166 valence electrons. The van der Waals surface area contributed by atoms with Gasteiger partial charge < -0.3 is 5.11 Å². The number of aromatic nitrogens is 2.